The van der Waals surface area contributed by atoms with Crippen LogP contribution in [0.25, 0.3) is 11.1 Å². The third kappa shape index (κ3) is 5.90. The van der Waals surface area contributed by atoms with Crippen molar-refractivity contribution >= 4 is 18.0 Å². The van der Waals surface area contributed by atoms with E-state index in [1.807, 2.05) is 80.4 Å². The second-order valence-electron chi connectivity index (χ2n) is 11.8. The number of carboxylic acids is 1. The lowest BCUT2D eigenvalue weighted by atomic mass is 9.76. The molecule has 1 heterocycles. The van der Waals surface area contributed by atoms with E-state index in [4.69, 9.17) is 4.74 Å². The topological polar surface area (TPSA) is 99.2 Å². The first-order chi connectivity index (χ1) is 20.2. The van der Waals surface area contributed by atoms with Crippen molar-refractivity contribution < 1.29 is 24.2 Å². The number of alkyl carbamates (subject to hydrolysis) is 1. The third-order valence-electron chi connectivity index (χ3n) is 8.87. The van der Waals surface area contributed by atoms with E-state index in [0.717, 1.165) is 27.8 Å². The Kier molecular flexibility index (Phi) is 8.64. The molecule has 42 heavy (non-hydrogen) atoms. The number of hydrogen-bond acceptors (Lipinski definition) is 5. The SMILES string of the molecule is CC(C)C1(C(=O)O)CCN(C(=O)C(CN(C)Cc2ccccc2)NC(=O)OCC2c3ccccc3-c3ccccc32)C1. The first-order valence-corrected chi connectivity index (χ1v) is 14.6. The first kappa shape index (κ1) is 29.3. The highest BCUT2D eigenvalue weighted by Crippen LogP contribution is 2.44. The molecule has 0 radical (unpaired) electrons. The Morgan fingerprint density at radius 1 is 0.976 bits per heavy atom. The smallest absolute Gasteiger partial charge is 0.407 e. The molecule has 2 amide bonds. The van der Waals surface area contributed by atoms with E-state index < -0.39 is 23.5 Å². The van der Waals surface area contributed by atoms with Gasteiger partial charge < -0.3 is 20.1 Å². The van der Waals surface area contributed by atoms with Crippen molar-refractivity contribution in [3.63, 3.8) is 0 Å². The molecule has 1 aliphatic heterocycles. The van der Waals surface area contributed by atoms with Gasteiger partial charge in [0.1, 0.15) is 12.6 Å². The molecule has 2 N–H and O–H groups in total. The summed E-state index contributed by atoms with van der Waals surface area (Å²) in [6.45, 7) is 5.17. The Morgan fingerprint density at radius 2 is 1.57 bits per heavy atom. The maximum atomic E-state index is 13.8. The van der Waals surface area contributed by atoms with Crippen molar-refractivity contribution in [2.45, 2.75) is 38.8 Å². The third-order valence-corrected chi connectivity index (χ3v) is 8.87. The predicted molar refractivity (Wildman–Crippen MR) is 161 cm³/mol. The number of carboxylic acid groups (broad SMARTS) is 1. The second-order valence-corrected chi connectivity index (χ2v) is 11.8. The van der Waals surface area contributed by atoms with E-state index in [0.29, 0.717) is 19.5 Å². The van der Waals surface area contributed by atoms with E-state index in [1.54, 1.807) is 4.90 Å². The van der Waals surface area contributed by atoms with Gasteiger partial charge in [-0.1, -0.05) is 92.7 Å². The molecule has 0 saturated carbocycles. The quantitative estimate of drug-likeness (QED) is 0.357. The number of hydrogen-bond donors (Lipinski definition) is 2. The maximum absolute atomic E-state index is 13.8. The summed E-state index contributed by atoms with van der Waals surface area (Å²) in [5.41, 5.74) is 4.57. The van der Waals surface area contributed by atoms with Gasteiger partial charge >= 0.3 is 12.1 Å². The van der Waals surface area contributed by atoms with Crippen LogP contribution in [0.1, 0.15) is 42.9 Å². The van der Waals surface area contributed by atoms with E-state index in [-0.39, 0.29) is 37.4 Å². The van der Waals surface area contributed by atoms with Crippen LogP contribution in [0.2, 0.25) is 0 Å². The number of rotatable bonds is 10. The summed E-state index contributed by atoms with van der Waals surface area (Å²) in [5, 5.41) is 12.8. The molecule has 3 aromatic carbocycles. The molecular weight excluding hydrogens is 530 g/mol. The first-order valence-electron chi connectivity index (χ1n) is 14.6. The summed E-state index contributed by atoms with van der Waals surface area (Å²) in [6.07, 6.45) is -0.292. The van der Waals surface area contributed by atoms with Gasteiger partial charge in [0, 0.05) is 32.1 Å². The van der Waals surface area contributed by atoms with Crippen molar-refractivity contribution in [2.24, 2.45) is 11.3 Å². The van der Waals surface area contributed by atoms with Crippen molar-refractivity contribution in [3.05, 3.63) is 95.6 Å². The minimum absolute atomic E-state index is 0.0983. The van der Waals surface area contributed by atoms with E-state index in [1.165, 1.54) is 0 Å². The second kappa shape index (κ2) is 12.4. The van der Waals surface area contributed by atoms with Crippen LogP contribution >= 0.6 is 0 Å². The molecule has 2 unspecified atom stereocenters. The van der Waals surface area contributed by atoms with Gasteiger partial charge in [-0.15, -0.1) is 0 Å². The lowest BCUT2D eigenvalue weighted by molar-refractivity contribution is -0.151. The van der Waals surface area contributed by atoms with Gasteiger partial charge in [0.05, 0.1) is 5.41 Å². The Hall–Kier alpha value is -4.17. The summed E-state index contributed by atoms with van der Waals surface area (Å²) in [5.74, 6) is -1.43. The zero-order valence-corrected chi connectivity index (χ0v) is 24.5. The fourth-order valence-corrected chi connectivity index (χ4v) is 6.37. The van der Waals surface area contributed by atoms with Crippen molar-refractivity contribution in [1.82, 2.24) is 15.1 Å². The van der Waals surface area contributed by atoms with Crippen molar-refractivity contribution in [3.8, 4) is 11.1 Å². The molecule has 0 aromatic heterocycles. The average molecular weight is 570 g/mol. The number of benzene rings is 3. The molecule has 220 valence electrons. The Labute approximate surface area is 247 Å². The Morgan fingerprint density at radius 3 is 2.14 bits per heavy atom. The maximum Gasteiger partial charge on any atom is 0.407 e. The zero-order chi connectivity index (χ0) is 29.9. The number of likely N-dealkylation sites (tertiary alicyclic amines) is 1. The highest BCUT2D eigenvalue weighted by Gasteiger charge is 2.49. The summed E-state index contributed by atoms with van der Waals surface area (Å²) in [7, 11) is 1.90. The lowest BCUT2D eigenvalue weighted by Crippen LogP contribution is -2.53. The van der Waals surface area contributed by atoms with Crippen LogP contribution in [-0.4, -0.2) is 72.2 Å². The van der Waals surface area contributed by atoms with Gasteiger partial charge in [-0.25, -0.2) is 4.79 Å². The highest BCUT2D eigenvalue weighted by molar-refractivity contribution is 5.87. The largest absolute Gasteiger partial charge is 0.481 e. The number of fused-ring (bicyclic) bond motifs is 3. The molecule has 5 rings (SSSR count). The molecule has 8 nitrogen and oxygen atoms in total. The molecule has 1 fully saturated rings. The number of carbonyl (C=O) groups is 3. The zero-order valence-electron chi connectivity index (χ0n) is 24.5. The van der Waals surface area contributed by atoms with Crippen LogP contribution in [0.5, 0.6) is 0 Å². The number of carbonyl (C=O) groups excluding carboxylic acids is 2. The highest BCUT2D eigenvalue weighted by atomic mass is 16.5. The van der Waals surface area contributed by atoms with Crippen LogP contribution in [0, 0.1) is 11.3 Å². The molecule has 3 aromatic rings. The molecule has 0 spiro atoms. The van der Waals surface area contributed by atoms with E-state index in [9.17, 15) is 19.5 Å². The van der Waals surface area contributed by atoms with Crippen LogP contribution in [-0.2, 0) is 20.9 Å². The standard InChI is InChI=1S/C34H39N3O5/c1-23(2)34(32(39)40)17-18-37(22-34)31(38)30(20-36(3)19-24-11-5-4-6-12-24)35-33(41)42-21-29-27-15-9-7-13-25(27)26-14-8-10-16-28(26)29/h4-16,23,29-30H,17-22H2,1-3H3,(H,35,41)(H,39,40). The van der Waals surface area contributed by atoms with Crippen LogP contribution in [0.3, 0.4) is 0 Å². The van der Waals surface area contributed by atoms with E-state index >= 15 is 0 Å². The lowest BCUT2D eigenvalue weighted by Gasteiger charge is -2.31. The monoisotopic (exact) mass is 569 g/mol. The van der Waals surface area contributed by atoms with Gasteiger partial charge in [0.15, 0.2) is 0 Å². The molecule has 0 bridgehead atoms. The summed E-state index contributed by atoms with van der Waals surface area (Å²) < 4.78 is 5.77. The fraction of sp³-hybridized carbons (Fsp3) is 0.382. The normalized spacial score (nSPS) is 18.5. The Balaban J connectivity index is 1.30. The van der Waals surface area contributed by atoms with Crippen LogP contribution in [0.15, 0.2) is 78.9 Å². The van der Waals surface area contributed by atoms with Gasteiger partial charge in [0.25, 0.3) is 0 Å². The van der Waals surface area contributed by atoms with Crippen molar-refractivity contribution in [2.75, 3.05) is 33.3 Å². The number of amides is 2. The number of nitrogens with one attached hydrogen (secondary N) is 1. The minimum Gasteiger partial charge on any atom is -0.481 e. The number of likely N-dealkylation sites (N-methyl/N-ethyl adjacent to an activating group) is 1. The van der Waals surface area contributed by atoms with Gasteiger partial charge in [-0.3, -0.25) is 14.5 Å². The molecule has 2 aliphatic rings. The van der Waals surface area contributed by atoms with Gasteiger partial charge in [-0.05, 0) is 47.2 Å². The molecule has 2 atom stereocenters. The predicted octanol–water partition coefficient (Wildman–Crippen LogP) is 4.99. The minimum atomic E-state index is -1.00. The molecular formula is C34H39N3O5. The number of ether oxygens (including phenoxy) is 1. The molecule has 8 heteroatoms. The van der Waals surface area contributed by atoms with Gasteiger partial charge in [0.2, 0.25) is 5.91 Å². The van der Waals surface area contributed by atoms with Crippen molar-refractivity contribution in [1.29, 1.82) is 0 Å². The number of aliphatic carboxylic acids is 1. The number of nitrogens with zero attached hydrogens (tertiary/aromatic N) is 2. The fourth-order valence-electron chi connectivity index (χ4n) is 6.37. The van der Waals surface area contributed by atoms with Gasteiger partial charge in [-0.2, -0.15) is 0 Å². The summed E-state index contributed by atoms with van der Waals surface area (Å²) >= 11 is 0. The average Bonchev–Trinajstić information content (AvgIpc) is 3.57. The molecule has 1 aliphatic carbocycles. The van der Waals surface area contributed by atoms with E-state index in [2.05, 4.69) is 29.6 Å². The van der Waals surface area contributed by atoms with Crippen LogP contribution in [0.4, 0.5) is 4.79 Å². The van der Waals surface area contributed by atoms with Crippen LogP contribution < -0.4 is 5.32 Å². The molecule has 1 saturated heterocycles. The summed E-state index contributed by atoms with van der Waals surface area (Å²) in [6, 6.07) is 25.3. The summed E-state index contributed by atoms with van der Waals surface area (Å²) in [4.78, 5) is 42.8. The Bertz CT molecular complexity index is 1400.